The number of nitrogens with one attached hydrogen (secondary N) is 1. The van der Waals surface area contributed by atoms with Gasteiger partial charge in [0.1, 0.15) is 6.10 Å². The van der Waals surface area contributed by atoms with Crippen molar-refractivity contribution in [2.45, 2.75) is 12.5 Å². The van der Waals surface area contributed by atoms with Gasteiger partial charge in [0.25, 0.3) is 0 Å². The fourth-order valence-corrected chi connectivity index (χ4v) is 2.07. The topological polar surface area (TPSA) is 39.1 Å². The van der Waals surface area contributed by atoms with Crippen molar-refractivity contribution in [1.29, 1.82) is 0 Å². The third kappa shape index (κ3) is 1.67. The highest BCUT2D eigenvalue weighted by Crippen LogP contribution is 2.33. The molecule has 2 rings (SSSR count). The van der Waals surface area contributed by atoms with E-state index in [2.05, 4.69) is 10.3 Å². The molecule has 0 aliphatic carbocycles. The van der Waals surface area contributed by atoms with E-state index in [-0.39, 0.29) is 6.10 Å². The van der Waals surface area contributed by atoms with Crippen molar-refractivity contribution in [1.82, 2.24) is 14.9 Å². The van der Waals surface area contributed by atoms with Crippen LogP contribution < -0.4 is 5.32 Å². The Morgan fingerprint density at radius 1 is 1.71 bits per heavy atom. The molecule has 0 spiro atoms. The zero-order valence-electron chi connectivity index (χ0n) is 8.73. The highest BCUT2D eigenvalue weighted by Gasteiger charge is 2.30. The second-order valence-corrected chi connectivity index (χ2v) is 3.83. The van der Waals surface area contributed by atoms with E-state index in [0.29, 0.717) is 5.92 Å². The van der Waals surface area contributed by atoms with Gasteiger partial charge in [-0.05, 0) is 13.5 Å². The first kappa shape index (κ1) is 9.68. The average Bonchev–Trinajstić information content (AvgIpc) is 2.74. The summed E-state index contributed by atoms with van der Waals surface area (Å²) in [5.74, 6) is 0.579. The highest BCUT2D eigenvalue weighted by molar-refractivity contribution is 5.06. The van der Waals surface area contributed by atoms with Gasteiger partial charge in [-0.25, -0.2) is 4.98 Å². The molecule has 2 heterocycles. The van der Waals surface area contributed by atoms with Gasteiger partial charge in [0.05, 0.1) is 18.2 Å². The number of aromatic nitrogens is 2. The van der Waals surface area contributed by atoms with Crippen LogP contribution in [-0.4, -0.2) is 29.8 Å². The second kappa shape index (κ2) is 4.11. The minimum Gasteiger partial charge on any atom is -0.372 e. The Hall–Kier alpha value is -0.870. The normalized spacial score (nSPS) is 27.0. The molecule has 1 saturated heterocycles. The van der Waals surface area contributed by atoms with Gasteiger partial charge in [0.15, 0.2) is 0 Å². The summed E-state index contributed by atoms with van der Waals surface area (Å²) in [4.78, 5) is 4.12. The minimum atomic E-state index is 0.218. The molecule has 0 bridgehead atoms. The maximum atomic E-state index is 5.74. The zero-order valence-corrected chi connectivity index (χ0v) is 8.73. The molecular weight excluding hydrogens is 178 g/mol. The lowest BCUT2D eigenvalue weighted by Gasteiger charge is -2.18. The van der Waals surface area contributed by atoms with Crippen LogP contribution in [0.2, 0.25) is 0 Å². The van der Waals surface area contributed by atoms with Gasteiger partial charge in [-0.2, -0.15) is 0 Å². The van der Waals surface area contributed by atoms with Crippen LogP contribution in [0, 0.1) is 5.92 Å². The number of nitrogens with zero attached hydrogens (tertiary/aromatic N) is 2. The first-order chi connectivity index (χ1) is 6.83. The first-order valence-electron chi connectivity index (χ1n) is 5.05. The SMILES string of the molecule is CNCC1CCOC1c1cncn1C. The van der Waals surface area contributed by atoms with Gasteiger partial charge in [-0.1, -0.05) is 0 Å². The van der Waals surface area contributed by atoms with Crippen LogP contribution in [0.4, 0.5) is 0 Å². The molecule has 4 heteroatoms. The van der Waals surface area contributed by atoms with Crippen molar-refractivity contribution in [2.75, 3.05) is 20.2 Å². The van der Waals surface area contributed by atoms with E-state index in [4.69, 9.17) is 4.74 Å². The summed E-state index contributed by atoms with van der Waals surface area (Å²) in [5, 5.41) is 3.21. The molecular formula is C10H17N3O. The molecule has 4 nitrogen and oxygen atoms in total. The predicted molar refractivity (Wildman–Crippen MR) is 53.9 cm³/mol. The quantitative estimate of drug-likeness (QED) is 0.772. The smallest absolute Gasteiger partial charge is 0.103 e. The lowest BCUT2D eigenvalue weighted by molar-refractivity contribution is 0.0852. The third-order valence-corrected chi connectivity index (χ3v) is 2.83. The van der Waals surface area contributed by atoms with Gasteiger partial charge in [0, 0.05) is 26.1 Å². The standard InChI is InChI=1S/C10H17N3O/c1-11-5-8-3-4-14-10(8)9-6-12-7-13(9)2/h6-8,10-11H,3-5H2,1-2H3. The summed E-state index contributed by atoms with van der Waals surface area (Å²) >= 11 is 0. The van der Waals surface area contributed by atoms with E-state index in [9.17, 15) is 0 Å². The van der Waals surface area contributed by atoms with Crippen molar-refractivity contribution in [3.63, 3.8) is 0 Å². The molecule has 1 N–H and O–H groups in total. The highest BCUT2D eigenvalue weighted by atomic mass is 16.5. The Balaban J connectivity index is 2.13. The van der Waals surface area contributed by atoms with Crippen molar-refractivity contribution in [3.8, 4) is 0 Å². The number of imidazole rings is 1. The molecule has 1 fully saturated rings. The summed E-state index contributed by atoms with van der Waals surface area (Å²) in [6, 6.07) is 0. The van der Waals surface area contributed by atoms with E-state index < -0.39 is 0 Å². The Bertz CT molecular complexity index is 297. The van der Waals surface area contributed by atoms with Crippen molar-refractivity contribution < 1.29 is 4.74 Å². The van der Waals surface area contributed by atoms with Crippen molar-refractivity contribution >= 4 is 0 Å². The van der Waals surface area contributed by atoms with Gasteiger partial charge < -0.3 is 14.6 Å². The van der Waals surface area contributed by atoms with E-state index in [1.165, 1.54) is 5.69 Å². The Kier molecular flexibility index (Phi) is 2.84. The molecule has 1 aromatic rings. The predicted octanol–water partition coefficient (Wildman–Crippen LogP) is 0.717. The maximum Gasteiger partial charge on any atom is 0.103 e. The molecule has 2 unspecified atom stereocenters. The van der Waals surface area contributed by atoms with E-state index in [1.54, 1.807) is 0 Å². The Labute approximate surface area is 84.3 Å². The summed E-state index contributed by atoms with van der Waals surface area (Å²) in [5.41, 5.74) is 1.18. The third-order valence-electron chi connectivity index (χ3n) is 2.83. The molecule has 14 heavy (non-hydrogen) atoms. The number of aryl methyl sites for hydroxylation is 1. The lowest BCUT2D eigenvalue weighted by Crippen LogP contribution is -2.22. The van der Waals surface area contributed by atoms with Crippen LogP contribution in [-0.2, 0) is 11.8 Å². The molecule has 0 saturated carbocycles. The summed E-state index contributed by atoms with van der Waals surface area (Å²) in [7, 11) is 4.00. The van der Waals surface area contributed by atoms with Crippen LogP contribution in [0.5, 0.6) is 0 Å². The number of ether oxygens (including phenoxy) is 1. The summed E-state index contributed by atoms with van der Waals surface area (Å²) in [6.45, 7) is 1.87. The monoisotopic (exact) mass is 195 g/mol. The van der Waals surface area contributed by atoms with Crippen molar-refractivity contribution in [3.05, 3.63) is 18.2 Å². The summed E-state index contributed by atoms with van der Waals surface area (Å²) < 4.78 is 7.78. The molecule has 1 aliphatic heterocycles. The van der Waals surface area contributed by atoms with Crippen molar-refractivity contribution in [2.24, 2.45) is 13.0 Å². The van der Waals surface area contributed by atoms with Crippen LogP contribution in [0.3, 0.4) is 0 Å². The maximum absolute atomic E-state index is 5.74. The molecule has 0 aromatic carbocycles. The number of hydrogen-bond donors (Lipinski definition) is 1. The molecule has 78 valence electrons. The van der Waals surface area contributed by atoms with Gasteiger partial charge in [0.2, 0.25) is 0 Å². The number of hydrogen-bond acceptors (Lipinski definition) is 3. The zero-order chi connectivity index (χ0) is 9.97. The van der Waals surface area contributed by atoms with E-state index in [1.807, 2.05) is 31.2 Å². The Morgan fingerprint density at radius 2 is 2.57 bits per heavy atom. The van der Waals surface area contributed by atoms with Crippen LogP contribution in [0.25, 0.3) is 0 Å². The second-order valence-electron chi connectivity index (χ2n) is 3.83. The Morgan fingerprint density at radius 3 is 3.21 bits per heavy atom. The van der Waals surface area contributed by atoms with Gasteiger partial charge in [-0.15, -0.1) is 0 Å². The molecule has 0 amide bonds. The van der Waals surface area contributed by atoms with Crippen LogP contribution in [0.15, 0.2) is 12.5 Å². The van der Waals surface area contributed by atoms with E-state index in [0.717, 1.165) is 19.6 Å². The van der Waals surface area contributed by atoms with Crippen LogP contribution in [0.1, 0.15) is 18.2 Å². The van der Waals surface area contributed by atoms with Crippen LogP contribution >= 0.6 is 0 Å². The number of rotatable bonds is 3. The molecule has 1 aliphatic rings. The fraction of sp³-hybridized carbons (Fsp3) is 0.700. The largest absolute Gasteiger partial charge is 0.372 e. The lowest BCUT2D eigenvalue weighted by atomic mass is 9.99. The fourth-order valence-electron chi connectivity index (χ4n) is 2.07. The molecule has 1 aromatic heterocycles. The minimum absolute atomic E-state index is 0.218. The average molecular weight is 195 g/mol. The molecule has 0 radical (unpaired) electrons. The summed E-state index contributed by atoms with van der Waals surface area (Å²) in [6.07, 6.45) is 5.08. The molecule has 2 atom stereocenters. The van der Waals surface area contributed by atoms with Gasteiger partial charge >= 0.3 is 0 Å². The first-order valence-corrected chi connectivity index (χ1v) is 5.05. The van der Waals surface area contributed by atoms with E-state index >= 15 is 0 Å². The van der Waals surface area contributed by atoms with Gasteiger partial charge in [-0.3, -0.25) is 0 Å².